The predicted molar refractivity (Wildman–Crippen MR) is 70.2 cm³/mol. The van der Waals surface area contributed by atoms with Gasteiger partial charge in [0.1, 0.15) is 6.54 Å². The van der Waals surface area contributed by atoms with Gasteiger partial charge in [-0.3, -0.25) is 19.7 Å². The van der Waals surface area contributed by atoms with E-state index in [2.05, 4.69) is 0 Å². The molecular weight excluding hydrogens is 292 g/mol. The minimum Gasteiger partial charge on any atom is -0.481 e. The van der Waals surface area contributed by atoms with Crippen molar-refractivity contribution in [3.05, 3.63) is 33.3 Å². The third-order valence-corrected chi connectivity index (χ3v) is 2.71. The molecule has 20 heavy (non-hydrogen) atoms. The molecule has 0 aromatic heterocycles. The Hall–Kier alpha value is -2.35. The number of hydrogen-bond donors (Lipinski definition) is 2. The number of aliphatic carboxylic acids is 2. The molecule has 1 aromatic rings. The number of carbonyl (C=O) groups is 2. The molecule has 0 amide bonds. The van der Waals surface area contributed by atoms with Crippen molar-refractivity contribution >= 4 is 34.9 Å². The van der Waals surface area contributed by atoms with Gasteiger partial charge in [-0.05, 0) is 6.07 Å². The maximum atomic E-state index is 10.8. The van der Waals surface area contributed by atoms with Crippen molar-refractivity contribution < 1.29 is 24.7 Å². The summed E-state index contributed by atoms with van der Waals surface area (Å²) in [4.78, 5) is 32.5. The van der Waals surface area contributed by atoms with Crippen LogP contribution in [-0.2, 0) is 9.59 Å². The number of nitro benzene ring substituents is 1. The number of nitro groups is 1. The first-order valence-electron chi connectivity index (χ1n) is 5.43. The quantitative estimate of drug-likeness (QED) is 0.579. The summed E-state index contributed by atoms with van der Waals surface area (Å²) >= 11 is 5.88. The Kier molecular flexibility index (Phi) is 5.27. The Morgan fingerprint density at radius 2 is 1.95 bits per heavy atom. The van der Waals surface area contributed by atoms with Crippen LogP contribution in [0.3, 0.4) is 0 Å². The summed E-state index contributed by atoms with van der Waals surface area (Å²) in [7, 11) is 0. The Balaban J connectivity index is 3.03. The average Bonchev–Trinajstić information content (AvgIpc) is 2.33. The Morgan fingerprint density at radius 3 is 2.40 bits per heavy atom. The van der Waals surface area contributed by atoms with Crippen molar-refractivity contribution in [1.29, 1.82) is 0 Å². The van der Waals surface area contributed by atoms with Crippen LogP contribution in [0.2, 0.25) is 5.02 Å². The minimum absolute atomic E-state index is 0.00848. The fourth-order valence-electron chi connectivity index (χ4n) is 1.54. The highest BCUT2D eigenvalue weighted by molar-refractivity contribution is 6.33. The van der Waals surface area contributed by atoms with Crippen LogP contribution in [0.5, 0.6) is 0 Å². The van der Waals surface area contributed by atoms with Gasteiger partial charge in [0, 0.05) is 18.7 Å². The van der Waals surface area contributed by atoms with E-state index in [1.54, 1.807) is 0 Å². The molecule has 0 heterocycles. The zero-order chi connectivity index (χ0) is 15.3. The summed E-state index contributed by atoms with van der Waals surface area (Å²) in [5.74, 6) is -2.25. The minimum atomic E-state index is -1.16. The number of nitrogens with zero attached hydrogens (tertiary/aromatic N) is 2. The number of carboxylic acid groups (broad SMARTS) is 2. The Labute approximate surface area is 118 Å². The van der Waals surface area contributed by atoms with E-state index in [0.29, 0.717) is 0 Å². The van der Waals surface area contributed by atoms with Crippen molar-refractivity contribution in [2.24, 2.45) is 0 Å². The van der Waals surface area contributed by atoms with Gasteiger partial charge in [-0.1, -0.05) is 11.6 Å². The second-order valence-corrected chi connectivity index (χ2v) is 4.26. The summed E-state index contributed by atoms with van der Waals surface area (Å²) < 4.78 is 0. The first kappa shape index (κ1) is 15.7. The molecule has 1 rings (SSSR count). The maximum Gasteiger partial charge on any atom is 0.323 e. The SMILES string of the molecule is O=C(O)CCN(CC(=O)O)c1ccc([N+](=O)[O-])cc1Cl. The fourth-order valence-corrected chi connectivity index (χ4v) is 1.84. The third kappa shape index (κ3) is 4.39. The Morgan fingerprint density at radius 1 is 1.30 bits per heavy atom. The van der Waals surface area contributed by atoms with Crippen molar-refractivity contribution in [1.82, 2.24) is 0 Å². The summed E-state index contributed by atoms with van der Waals surface area (Å²) in [5, 5.41) is 28.0. The molecule has 0 radical (unpaired) electrons. The van der Waals surface area contributed by atoms with Gasteiger partial charge in [0.05, 0.1) is 22.1 Å². The van der Waals surface area contributed by atoms with E-state index < -0.39 is 23.4 Å². The number of hydrogen-bond acceptors (Lipinski definition) is 5. The van der Waals surface area contributed by atoms with Crippen molar-refractivity contribution in [2.75, 3.05) is 18.0 Å². The Bertz CT molecular complexity index is 548. The summed E-state index contributed by atoms with van der Waals surface area (Å²) in [6.45, 7) is -0.524. The molecule has 0 bridgehead atoms. The smallest absolute Gasteiger partial charge is 0.323 e. The number of anilines is 1. The van der Waals surface area contributed by atoms with Gasteiger partial charge >= 0.3 is 11.9 Å². The van der Waals surface area contributed by atoms with E-state index in [1.807, 2.05) is 0 Å². The van der Waals surface area contributed by atoms with Crippen LogP contribution in [0, 0.1) is 10.1 Å². The van der Waals surface area contributed by atoms with E-state index in [0.717, 1.165) is 6.07 Å². The molecule has 108 valence electrons. The van der Waals surface area contributed by atoms with Gasteiger partial charge in [0.15, 0.2) is 0 Å². The molecule has 0 saturated heterocycles. The van der Waals surface area contributed by atoms with Gasteiger partial charge in [-0.15, -0.1) is 0 Å². The summed E-state index contributed by atoms with van der Waals surface area (Å²) in [6, 6.07) is 3.56. The average molecular weight is 303 g/mol. The van der Waals surface area contributed by atoms with Crippen LogP contribution in [0.1, 0.15) is 6.42 Å². The van der Waals surface area contributed by atoms with E-state index in [1.165, 1.54) is 17.0 Å². The van der Waals surface area contributed by atoms with E-state index >= 15 is 0 Å². The lowest BCUT2D eigenvalue weighted by molar-refractivity contribution is -0.384. The van der Waals surface area contributed by atoms with E-state index in [9.17, 15) is 19.7 Å². The number of halogens is 1. The van der Waals surface area contributed by atoms with Crippen LogP contribution < -0.4 is 4.90 Å². The molecule has 2 N–H and O–H groups in total. The monoisotopic (exact) mass is 302 g/mol. The van der Waals surface area contributed by atoms with Gasteiger partial charge in [0.2, 0.25) is 0 Å². The molecule has 0 fully saturated rings. The zero-order valence-corrected chi connectivity index (χ0v) is 10.9. The van der Waals surface area contributed by atoms with Crippen molar-refractivity contribution in [3.63, 3.8) is 0 Å². The third-order valence-electron chi connectivity index (χ3n) is 2.40. The lowest BCUT2D eigenvalue weighted by Crippen LogP contribution is -2.32. The molecule has 0 unspecified atom stereocenters. The molecule has 0 aliphatic heterocycles. The van der Waals surface area contributed by atoms with Crippen LogP contribution in [0.25, 0.3) is 0 Å². The van der Waals surface area contributed by atoms with Gasteiger partial charge in [-0.2, -0.15) is 0 Å². The van der Waals surface area contributed by atoms with Crippen LogP contribution in [0.15, 0.2) is 18.2 Å². The molecule has 8 nitrogen and oxygen atoms in total. The molecule has 0 atom stereocenters. The number of carboxylic acids is 2. The molecule has 0 aliphatic rings. The van der Waals surface area contributed by atoms with Gasteiger partial charge in [-0.25, -0.2) is 0 Å². The second-order valence-electron chi connectivity index (χ2n) is 3.85. The first-order valence-corrected chi connectivity index (χ1v) is 5.81. The molecule has 0 saturated carbocycles. The standard InChI is InChI=1S/C11H11ClN2O6/c12-8-5-7(14(19)20)1-2-9(8)13(6-11(17)18)4-3-10(15)16/h1-2,5H,3-4,6H2,(H,15,16)(H,17,18). The van der Waals surface area contributed by atoms with E-state index in [-0.39, 0.29) is 29.4 Å². The first-order chi connectivity index (χ1) is 9.31. The van der Waals surface area contributed by atoms with Crippen LogP contribution in [0.4, 0.5) is 11.4 Å². The number of non-ortho nitro benzene ring substituents is 1. The fraction of sp³-hybridized carbons (Fsp3) is 0.273. The number of rotatable bonds is 7. The highest BCUT2D eigenvalue weighted by atomic mass is 35.5. The second kappa shape index (κ2) is 6.71. The topological polar surface area (TPSA) is 121 Å². The van der Waals surface area contributed by atoms with Crippen LogP contribution >= 0.6 is 11.6 Å². The highest BCUT2D eigenvalue weighted by Gasteiger charge is 2.17. The summed E-state index contributed by atoms with van der Waals surface area (Å²) in [6.07, 6.45) is -0.277. The number of benzene rings is 1. The van der Waals surface area contributed by atoms with Crippen molar-refractivity contribution in [2.45, 2.75) is 6.42 Å². The summed E-state index contributed by atoms with van der Waals surface area (Å²) in [5.41, 5.74) is 0.00757. The lowest BCUT2D eigenvalue weighted by Gasteiger charge is -2.23. The molecule has 9 heteroatoms. The molecule has 0 spiro atoms. The van der Waals surface area contributed by atoms with Crippen LogP contribution in [-0.4, -0.2) is 40.2 Å². The zero-order valence-electron chi connectivity index (χ0n) is 10.2. The molecule has 0 aliphatic carbocycles. The van der Waals surface area contributed by atoms with E-state index in [4.69, 9.17) is 21.8 Å². The van der Waals surface area contributed by atoms with Gasteiger partial charge in [0.25, 0.3) is 5.69 Å². The lowest BCUT2D eigenvalue weighted by atomic mass is 10.2. The molecular formula is C11H11ClN2O6. The van der Waals surface area contributed by atoms with Crippen molar-refractivity contribution in [3.8, 4) is 0 Å². The maximum absolute atomic E-state index is 10.8. The largest absolute Gasteiger partial charge is 0.481 e. The normalized spacial score (nSPS) is 10.1. The van der Waals surface area contributed by atoms with Gasteiger partial charge < -0.3 is 15.1 Å². The molecule has 1 aromatic carbocycles. The highest BCUT2D eigenvalue weighted by Crippen LogP contribution is 2.29. The predicted octanol–water partition coefficient (Wildman–Crippen LogP) is 1.61.